The van der Waals surface area contributed by atoms with Gasteiger partial charge in [0.1, 0.15) is 25.1 Å². The molecule has 0 radical (unpaired) electrons. The Balaban J connectivity index is 1.20. The van der Waals surface area contributed by atoms with E-state index in [2.05, 4.69) is 11.0 Å². The molecule has 2 aromatic rings. The maximum absolute atomic E-state index is 12.5. The molecule has 32 heavy (non-hydrogen) atoms. The number of likely N-dealkylation sites (tertiary alicyclic amines) is 2. The molecule has 0 spiro atoms. The van der Waals surface area contributed by atoms with Crippen LogP contribution in [-0.4, -0.2) is 66.4 Å². The van der Waals surface area contributed by atoms with Crippen molar-refractivity contribution in [1.82, 2.24) is 9.80 Å². The summed E-state index contributed by atoms with van der Waals surface area (Å²) in [6, 6.07) is 18.7. The summed E-state index contributed by atoms with van der Waals surface area (Å²) in [4.78, 5) is 16.7. The number of hydrogen-bond donors (Lipinski definition) is 1. The number of aliphatic hydroxyl groups excluding tert-OH is 1. The average molecular weight is 436 g/mol. The zero-order chi connectivity index (χ0) is 22.3. The zero-order valence-corrected chi connectivity index (χ0v) is 18.1. The summed E-state index contributed by atoms with van der Waals surface area (Å²) in [7, 11) is 0. The van der Waals surface area contributed by atoms with Crippen molar-refractivity contribution in [2.24, 2.45) is 11.8 Å². The second kappa shape index (κ2) is 10.5. The van der Waals surface area contributed by atoms with Gasteiger partial charge in [-0.1, -0.05) is 30.3 Å². The van der Waals surface area contributed by atoms with E-state index in [4.69, 9.17) is 14.7 Å². The lowest BCUT2D eigenvalue weighted by atomic mass is 9.84. The van der Waals surface area contributed by atoms with Gasteiger partial charge in [0, 0.05) is 32.7 Å². The number of nitriles is 1. The van der Waals surface area contributed by atoms with Crippen LogP contribution in [0.3, 0.4) is 0 Å². The van der Waals surface area contributed by atoms with E-state index in [0.717, 1.165) is 25.1 Å². The van der Waals surface area contributed by atoms with Gasteiger partial charge in [-0.05, 0) is 48.1 Å². The third-order valence-electron chi connectivity index (χ3n) is 6.01. The fraction of sp³-hybridized carbons (Fsp3) is 0.440. The van der Waals surface area contributed by atoms with E-state index >= 15 is 0 Å². The Morgan fingerprint density at radius 1 is 1.06 bits per heavy atom. The molecule has 1 N–H and O–H groups in total. The number of fused-ring (bicyclic) bond motifs is 2. The van der Waals surface area contributed by atoms with Crippen LogP contribution >= 0.6 is 0 Å². The second-order valence-electron chi connectivity index (χ2n) is 8.73. The summed E-state index contributed by atoms with van der Waals surface area (Å²) in [6.45, 7) is 4.14. The van der Waals surface area contributed by atoms with Gasteiger partial charge in [-0.15, -0.1) is 0 Å². The van der Waals surface area contributed by atoms with Crippen LogP contribution in [0.4, 0.5) is 4.79 Å². The van der Waals surface area contributed by atoms with Gasteiger partial charge in [0.15, 0.2) is 0 Å². The first-order chi connectivity index (χ1) is 15.6. The number of amides is 1. The van der Waals surface area contributed by atoms with E-state index in [1.807, 2.05) is 35.2 Å². The monoisotopic (exact) mass is 435 g/mol. The highest BCUT2D eigenvalue weighted by molar-refractivity contribution is 5.67. The first kappa shape index (κ1) is 22.1. The molecule has 2 fully saturated rings. The van der Waals surface area contributed by atoms with Crippen LogP contribution in [0.1, 0.15) is 17.5 Å². The Morgan fingerprint density at radius 2 is 1.75 bits per heavy atom. The fourth-order valence-electron chi connectivity index (χ4n) is 4.67. The highest BCUT2D eigenvalue weighted by atomic mass is 16.6. The van der Waals surface area contributed by atoms with E-state index in [1.165, 1.54) is 0 Å². The normalized spacial score (nSPS) is 21.4. The summed E-state index contributed by atoms with van der Waals surface area (Å²) < 4.78 is 11.2. The molecule has 2 bridgehead atoms. The predicted molar refractivity (Wildman–Crippen MR) is 119 cm³/mol. The topological polar surface area (TPSA) is 86.0 Å². The van der Waals surface area contributed by atoms with Gasteiger partial charge in [-0.25, -0.2) is 4.79 Å². The summed E-state index contributed by atoms with van der Waals surface area (Å²) >= 11 is 0. The van der Waals surface area contributed by atoms with Crippen molar-refractivity contribution in [2.75, 3.05) is 39.3 Å². The summed E-state index contributed by atoms with van der Waals surface area (Å²) in [6.07, 6.45) is 0.265. The molecule has 0 aliphatic carbocycles. The summed E-state index contributed by atoms with van der Waals surface area (Å²) in [5.74, 6) is 1.42. The molecule has 7 heteroatoms. The minimum Gasteiger partial charge on any atom is -0.491 e. The number of carbonyl (C=O) groups is 1. The molecule has 2 heterocycles. The van der Waals surface area contributed by atoms with E-state index in [-0.39, 0.29) is 12.7 Å². The number of hydrogen-bond acceptors (Lipinski definition) is 6. The van der Waals surface area contributed by atoms with Crippen LogP contribution in [0.5, 0.6) is 5.75 Å². The molecule has 4 rings (SSSR count). The van der Waals surface area contributed by atoms with Crippen molar-refractivity contribution in [1.29, 1.82) is 5.26 Å². The molecule has 3 unspecified atom stereocenters. The SMILES string of the molecule is N#Cc1ccc(OCC(O)CN2CC3CC(C2)CN(C(=O)OCc2ccccc2)C3)cc1. The maximum Gasteiger partial charge on any atom is 0.410 e. The molecule has 2 aliphatic heterocycles. The smallest absolute Gasteiger partial charge is 0.410 e. The lowest BCUT2D eigenvalue weighted by Gasteiger charge is -2.45. The Labute approximate surface area is 188 Å². The second-order valence-corrected chi connectivity index (χ2v) is 8.73. The van der Waals surface area contributed by atoms with Crippen molar-refractivity contribution in [3.05, 3.63) is 65.7 Å². The van der Waals surface area contributed by atoms with E-state index in [0.29, 0.717) is 49.4 Å². The lowest BCUT2D eigenvalue weighted by molar-refractivity contribution is -0.00267. The minimum absolute atomic E-state index is 0.204. The number of aliphatic hydroxyl groups is 1. The quantitative estimate of drug-likeness (QED) is 0.720. The standard InChI is InChI=1S/C25H29N3O4/c26-11-19-6-8-24(9-7-19)31-18-23(29)16-27-12-21-10-22(13-27)15-28(14-21)25(30)32-17-20-4-2-1-3-5-20/h1-9,21-23,29H,10,12-18H2. The van der Waals surface area contributed by atoms with Gasteiger partial charge >= 0.3 is 6.09 Å². The number of nitrogens with zero attached hydrogens (tertiary/aromatic N) is 3. The molecule has 0 aromatic heterocycles. The Morgan fingerprint density at radius 3 is 2.41 bits per heavy atom. The van der Waals surface area contributed by atoms with Crippen LogP contribution in [0, 0.1) is 23.2 Å². The van der Waals surface area contributed by atoms with Crippen molar-refractivity contribution in [2.45, 2.75) is 19.1 Å². The lowest BCUT2D eigenvalue weighted by Crippen LogP contribution is -2.55. The highest BCUT2D eigenvalue weighted by Crippen LogP contribution is 2.29. The first-order valence-corrected chi connectivity index (χ1v) is 11.1. The van der Waals surface area contributed by atoms with Crippen molar-refractivity contribution >= 4 is 6.09 Å². The number of β-amino-alcohol motifs (C(OH)–C–C–N with tert-alkyl or cyclic N) is 1. The Hall–Kier alpha value is -3.08. The largest absolute Gasteiger partial charge is 0.491 e. The molecule has 7 nitrogen and oxygen atoms in total. The molecular weight excluding hydrogens is 406 g/mol. The third-order valence-corrected chi connectivity index (χ3v) is 6.01. The van der Waals surface area contributed by atoms with E-state index in [1.54, 1.807) is 24.3 Å². The minimum atomic E-state index is -0.601. The van der Waals surface area contributed by atoms with Gasteiger partial charge in [-0.2, -0.15) is 5.26 Å². The molecule has 3 atom stereocenters. The van der Waals surface area contributed by atoms with Crippen molar-refractivity contribution in [3.63, 3.8) is 0 Å². The zero-order valence-electron chi connectivity index (χ0n) is 18.1. The molecule has 0 saturated carbocycles. The molecular formula is C25H29N3O4. The van der Waals surface area contributed by atoms with Gasteiger partial charge < -0.3 is 19.5 Å². The van der Waals surface area contributed by atoms with Gasteiger partial charge in [-0.3, -0.25) is 4.90 Å². The Bertz CT molecular complexity index is 914. The van der Waals surface area contributed by atoms with Gasteiger partial charge in [0.2, 0.25) is 0 Å². The average Bonchev–Trinajstić information content (AvgIpc) is 2.81. The van der Waals surface area contributed by atoms with Crippen LogP contribution in [0.15, 0.2) is 54.6 Å². The molecule has 2 saturated heterocycles. The maximum atomic E-state index is 12.5. The number of piperidine rings is 2. The summed E-state index contributed by atoms with van der Waals surface area (Å²) in [5, 5.41) is 19.3. The number of ether oxygens (including phenoxy) is 2. The molecule has 168 valence electrons. The molecule has 1 amide bonds. The highest BCUT2D eigenvalue weighted by Gasteiger charge is 2.36. The van der Waals surface area contributed by atoms with Gasteiger partial charge in [0.25, 0.3) is 0 Å². The van der Waals surface area contributed by atoms with Crippen molar-refractivity contribution < 1.29 is 19.4 Å². The first-order valence-electron chi connectivity index (χ1n) is 11.1. The number of rotatable bonds is 7. The van der Waals surface area contributed by atoms with E-state index < -0.39 is 6.10 Å². The number of benzene rings is 2. The van der Waals surface area contributed by atoms with Crippen molar-refractivity contribution in [3.8, 4) is 11.8 Å². The third kappa shape index (κ3) is 6.00. The molecule has 2 aromatic carbocycles. The fourth-order valence-corrected chi connectivity index (χ4v) is 4.67. The molecule has 2 aliphatic rings. The summed E-state index contributed by atoms with van der Waals surface area (Å²) in [5.41, 5.74) is 1.57. The van der Waals surface area contributed by atoms with Crippen LogP contribution in [-0.2, 0) is 11.3 Å². The number of carbonyl (C=O) groups excluding carboxylic acids is 1. The Kier molecular flexibility index (Phi) is 7.25. The predicted octanol–water partition coefficient (Wildman–Crippen LogP) is 2.89. The van der Waals surface area contributed by atoms with Crippen LogP contribution in [0.25, 0.3) is 0 Å². The van der Waals surface area contributed by atoms with E-state index in [9.17, 15) is 9.90 Å². The van der Waals surface area contributed by atoms with Gasteiger partial charge in [0.05, 0.1) is 11.6 Å². The van der Waals surface area contributed by atoms with Crippen LogP contribution < -0.4 is 4.74 Å². The van der Waals surface area contributed by atoms with Crippen LogP contribution in [0.2, 0.25) is 0 Å².